The summed E-state index contributed by atoms with van der Waals surface area (Å²) < 4.78 is 17.9. The monoisotopic (exact) mass is 146 g/mol. The van der Waals surface area contributed by atoms with E-state index in [1.807, 2.05) is 0 Å². The lowest BCUT2D eigenvalue weighted by Crippen LogP contribution is -2.25. The first-order valence-electron chi connectivity index (χ1n) is 3.17. The van der Waals surface area contributed by atoms with Crippen LogP contribution in [0.15, 0.2) is 0 Å². The molecule has 1 N–H and O–H groups in total. The number of carboxylic acids is 1. The van der Waals surface area contributed by atoms with Gasteiger partial charge in [-0.05, 0) is 0 Å². The van der Waals surface area contributed by atoms with E-state index in [4.69, 9.17) is 9.84 Å². The second-order valence-electron chi connectivity index (χ2n) is 2.82. The van der Waals surface area contributed by atoms with Crippen molar-refractivity contribution in [1.82, 2.24) is 0 Å². The highest BCUT2D eigenvalue weighted by molar-refractivity contribution is 5.83. The van der Waals surface area contributed by atoms with Gasteiger partial charge in [-0.3, -0.25) is 0 Å². The minimum absolute atomic E-state index is 0.271. The van der Waals surface area contributed by atoms with Gasteiger partial charge in [-0.1, -0.05) is 0 Å². The molecule has 2 atom stereocenters. The van der Waals surface area contributed by atoms with E-state index in [0.29, 0.717) is 0 Å². The lowest BCUT2D eigenvalue weighted by atomic mass is 10.3. The highest BCUT2D eigenvalue weighted by Crippen LogP contribution is 2.57. The molecule has 56 valence electrons. The zero-order valence-corrected chi connectivity index (χ0v) is 5.21. The van der Waals surface area contributed by atoms with Gasteiger partial charge in [0.2, 0.25) is 5.67 Å². The molecule has 0 aromatic carbocycles. The second-order valence-corrected chi connectivity index (χ2v) is 2.82. The lowest BCUT2D eigenvalue weighted by Gasteiger charge is -2.04. The molecule has 1 aliphatic heterocycles. The van der Waals surface area contributed by atoms with Crippen molar-refractivity contribution in [3.8, 4) is 0 Å². The highest BCUT2D eigenvalue weighted by Gasteiger charge is 2.74. The Morgan fingerprint density at radius 2 is 2.10 bits per heavy atom. The first-order valence-corrected chi connectivity index (χ1v) is 3.17. The Labute approximate surface area is 56.8 Å². The lowest BCUT2D eigenvalue weighted by molar-refractivity contribution is -0.147. The number of halogens is 1. The van der Waals surface area contributed by atoms with Gasteiger partial charge < -0.3 is 9.84 Å². The first kappa shape index (κ1) is 6.09. The molecule has 3 nitrogen and oxygen atoms in total. The van der Waals surface area contributed by atoms with Gasteiger partial charge in [-0.2, -0.15) is 0 Å². The van der Waals surface area contributed by atoms with Crippen LogP contribution in [-0.2, 0) is 9.53 Å². The largest absolute Gasteiger partial charge is 0.479 e. The molecule has 2 aliphatic rings. The average Bonchev–Trinajstić information content (AvgIpc) is 2.28. The zero-order valence-electron chi connectivity index (χ0n) is 5.21. The van der Waals surface area contributed by atoms with Crippen LogP contribution in [-0.4, -0.2) is 30.0 Å². The van der Waals surface area contributed by atoms with Gasteiger partial charge in [0.1, 0.15) is 0 Å². The number of aliphatic carboxylic acids is 1. The average molecular weight is 146 g/mol. The van der Waals surface area contributed by atoms with Gasteiger partial charge in [0.25, 0.3) is 0 Å². The molecular weight excluding hydrogens is 139 g/mol. The van der Waals surface area contributed by atoms with Gasteiger partial charge >= 0.3 is 5.97 Å². The number of fused-ring (bicyclic) bond motifs is 1. The minimum atomic E-state index is -1.95. The molecule has 0 radical (unpaired) electrons. The van der Waals surface area contributed by atoms with Crippen LogP contribution in [0.25, 0.3) is 0 Å². The summed E-state index contributed by atoms with van der Waals surface area (Å²) in [6, 6.07) is 0. The molecule has 10 heavy (non-hydrogen) atoms. The Bertz CT molecular complexity index is 181. The normalized spacial score (nSPS) is 50.5. The standard InChI is InChI=1S/C6H7FO3/c7-6(5(8)9)3-1-10-2-4(3)6/h3-4H,1-2H2,(H,8,9). The molecule has 0 aromatic heterocycles. The van der Waals surface area contributed by atoms with Crippen LogP contribution >= 0.6 is 0 Å². The molecule has 2 rings (SSSR count). The zero-order chi connectivity index (χ0) is 7.35. The predicted octanol–water partition coefficient (Wildman–Crippen LogP) is 0.0555. The maximum Gasteiger partial charge on any atom is 0.342 e. The maximum absolute atomic E-state index is 13.1. The Morgan fingerprint density at radius 1 is 1.60 bits per heavy atom. The van der Waals surface area contributed by atoms with Crippen LogP contribution in [0.3, 0.4) is 0 Å². The van der Waals surface area contributed by atoms with E-state index in [-0.39, 0.29) is 25.0 Å². The van der Waals surface area contributed by atoms with Crippen LogP contribution in [0.1, 0.15) is 0 Å². The summed E-state index contributed by atoms with van der Waals surface area (Å²) in [6.45, 7) is 0.543. The fourth-order valence-corrected chi connectivity index (χ4v) is 1.61. The topological polar surface area (TPSA) is 46.5 Å². The number of hydrogen-bond acceptors (Lipinski definition) is 2. The quantitative estimate of drug-likeness (QED) is 0.568. The van der Waals surface area contributed by atoms with Gasteiger partial charge in [0.15, 0.2) is 0 Å². The SMILES string of the molecule is O=C(O)C1(F)C2COCC21. The fraction of sp³-hybridized carbons (Fsp3) is 0.833. The molecule has 4 heteroatoms. The van der Waals surface area contributed by atoms with E-state index in [1.165, 1.54) is 0 Å². The first-order chi connectivity index (χ1) is 4.67. The van der Waals surface area contributed by atoms with E-state index in [2.05, 4.69) is 0 Å². The predicted molar refractivity (Wildman–Crippen MR) is 29.3 cm³/mol. The Morgan fingerprint density at radius 3 is 2.40 bits per heavy atom. The van der Waals surface area contributed by atoms with Gasteiger partial charge in [0.05, 0.1) is 13.2 Å². The number of hydrogen-bond donors (Lipinski definition) is 1. The van der Waals surface area contributed by atoms with Crippen molar-refractivity contribution in [1.29, 1.82) is 0 Å². The van der Waals surface area contributed by atoms with Crippen molar-refractivity contribution in [2.45, 2.75) is 5.67 Å². The Balaban J connectivity index is 2.17. The molecular formula is C6H7FO3. The molecule has 2 unspecified atom stereocenters. The van der Waals surface area contributed by atoms with Crippen molar-refractivity contribution in [2.24, 2.45) is 11.8 Å². The van der Waals surface area contributed by atoms with Crippen molar-refractivity contribution in [2.75, 3.05) is 13.2 Å². The molecule has 1 saturated carbocycles. The number of rotatable bonds is 1. The van der Waals surface area contributed by atoms with E-state index in [1.54, 1.807) is 0 Å². The van der Waals surface area contributed by atoms with E-state index >= 15 is 0 Å². The molecule has 0 amide bonds. The van der Waals surface area contributed by atoms with Gasteiger partial charge in [-0.15, -0.1) is 0 Å². The van der Waals surface area contributed by atoms with Crippen molar-refractivity contribution in [3.05, 3.63) is 0 Å². The highest BCUT2D eigenvalue weighted by atomic mass is 19.1. The molecule has 1 aliphatic carbocycles. The molecule has 0 spiro atoms. The molecule has 1 heterocycles. The maximum atomic E-state index is 13.1. The molecule has 0 bridgehead atoms. The minimum Gasteiger partial charge on any atom is -0.479 e. The second kappa shape index (κ2) is 1.50. The van der Waals surface area contributed by atoms with Crippen molar-refractivity contribution in [3.63, 3.8) is 0 Å². The van der Waals surface area contributed by atoms with Crippen LogP contribution in [0.4, 0.5) is 4.39 Å². The van der Waals surface area contributed by atoms with E-state index in [0.717, 1.165) is 0 Å². The third kappa shape index (κ3) is 0.463. The Hall–Kier alpha value is -0.640. The third-order valence-electron chi connectivity index (χ3n) is 2.38. The van der Waals surface area contributed by atoms with Crippen LogP contribution < -0.4 is 0 Å². The van der Waals surface area contributed by atoms with Crippen LogP contribution in [0, 0.1) is 11.8 Å². The number of carbonyl (C=O) groups is 1. The van der Waals surface area contributed by atoms with Crippen LogP contribution in [0.5, 0.6) is 0 Å². The third-order valence-corrected chi connectivity index (χ3v) is 2.38. The fourth-order valence-electron chi connectivity index (χ4n) is 1.61. The van der Waals surface area contributed by atoms with Gasteiger partial charge in [-0.25, -0.2) is 9.18 Å². The number of alkyl halides is 1. The summed E-state index contributed by atoms with van der Waals surface area (Å²) in [6.07, 6.45) is 0. The summed E-state index contributed by atoms with van der Waals surface area (Å²) in [5.74, 6) is -2.07. The van der Waals surface area contributed by atoms with Crippen molar-refractivity contribution < 1.29 is 19.0 Å². The summed E-state index contributed by atoms with van der Waals surface area (Å²) in [4.78, 5) is 10.3. The van der Waals surface area contributed by atoms with E-state index in [9.17, 15) is 9.18 Å². The smallest absolute Gasteiger partial charge is 0.342 e. The summed E-state index contributed by atoms with van der Waals surface area (Å²) in [7, 11) is 0. The van der Waals surface area contributed by atoms with Crippen LogP contribution in [0.2, 0.25) is 0 Å². The summed E-state index contributed by atoms with van der Waals surface area (Å²) >= 11 is 0. The van der Waals surface area contributed by atoms with E-state index < -0.39 is 11.6 Å². The van der Waals surface area contributed by atoms with Gasteiger partial charge in [0, 0.05) is 11.8 Å². The summed E-state index contributed by atoms with van der Waals surface area (Å²) in [5, 5.41) is 8.39. The number of carboxylic acid groups (broad SMARTS) is 1. The number of ether oxygens (including phenoxy) is 1. The van der Waals surface area contributed by atoms with Crippen molar-refractivity contribution >= 4 is 5.97 Å². The Kier molecular flexibility index (Phi) is 0.916. The molecule has 2 fully saturated rings. The molecule has 1 saturated heterocycles. The summed E-state index contributed by atoms with van der Waals surface area (Å²) in [5.41, 5.74) is -1.95. The molecule has 0 aromatic rings.